The summed E-state index contributed by atoms with van der Waals surface area (Å²) in [7, 11) is 0. The maximum atomic E-state index is 12.8. The van der Waals surface area contributed by atoms with Gasteiger partial charge >= 0.3 is 0 Å². The van der Waals surface area contributed by atoms with Crippen molar-refractivity contribution in [3.05, 3.63) is 16.1 Å². The summed E-state index contributed by atoms with van der Waals surface area (Å²) >= 11 is 1.57. The molecule has 1 N–H and O–H groups in total. The summed E-state index contributed by atoms with van der Waals surface area (Å²) < 4.78 is 0. The fourth-order valence-corrected chi connectivity index (χ4v) is 3.59. The first-order valence-electron chi connectivity index (χ1n) is 7.00. The second kappa shape index (κ2) is 4.84. The molecular formula is C14H19N3O2S. The van der Waals surface area contributed by atoms with Crippen LogP contribution >= 0.6 is 11.3 Å². The van der Waals surface area contributed by atoms with Gasteiger partial charge in [0.2, 0.25) is 11.8 Å². The number of hydrogen-bond donors (Lipinski definition) is 1. The van der Waals surface area contributed by atoms with E-state index < -0.39 is 5.54 Å². The van der Waals surface area contributed by atoms with Crippen molar-refractivity contribution in [2.75, 3.05) is 6.54 Å². The second-order valence-electron chi connectivity index (χ2n) is 5.88. The van der Waals surface area contributed by atoms with Crippen molar-refractivity contribution in [1.82, 2.24) is 15.2 Å². The average Bonchev–Trinajstić information content (AvgIpc) is 3.18. The lowest BCUT2D eigenvalue weighted by Crippen LogP contribution is -2.56. The number of aryl methyl sites for hydroxylation is 1. The standard InChI is InChI=1S/C14H19N3O2S/c1-9-8-20-12(15-9)7-17-6-5-11(18)16-14(2,13(17)19)10-3-4-10/h8,10H,3-7H2,1-2H3,(H,16,18). The van der Waals surface area contributed by atoms with Crippen LogP contribution in [0.1, 0.15) is 36.9 Å². The Morgan fingerprint density at radius 3 is 2.85 bits per heavy atom. The van der Waals surface area contributed by atoms with Crippen LogP contribution in [0.25, 0.3) is 0 Å². The molecule has 108 valence electrons. The zero-order chi connectivity index (χ0) is 14.3. The topological polar surface area (TPSA) is 62.3 Å². The van der Waals surface area contributed by atoms with Gasteiger partial charge in [0.25, 0.3) is 0 Å². The molecule has 20 heavy (non-hydrogen) atoms. The molecule has 2 fully saturated rings. The van der Waals surface area contributed by atoms with Gasteiger partial charge in [-0.3, -0.25) is 9.59 Å². The number of thiazole rings is 1. The molecule has 6 heteroatoms. The molecular weight excluding hydrogens is 274 g/mol. The van der Waals surface area contributed by atoms with Gasteiger partial charge in [-0.05, 0) is 32.6 Å². The first-order valence-corrected chi connectivity index (χ1v) is 7.88. The lowest BCUT2D eigenvalue weighted by molar-refractivity contribution is -0.139. The van der Waals surface area contributed by atoms with E-state index in [2.05, 4.69) is 10.3 Å². The smallest absolute Gasteiger partial charge is 0.248 e. The van der Waals surface area contributed by atoms with E-state index in [1.165, 1.54) is 0 Å². The number of amides is 2. The molecule has 5 nitrogen and oxygen atoms in total. The highest BCUT2D eigenvalue weighted by Gasteiger charge is 2.51. The van der Waals surface area contributed by atoms with Crippen LogP contribution in [0.5, 0.6) is 0 Å². The van der Waals surface area contributed by atoms with Crippen LogP contribution in [-0.2, 0) is 16.1 Å². The molecule has 2 amide bonds. The van der Waals surface area contributed by atoms with E-state index in [9.17, 15) is 9.59 Å². The third-order valence-corrected chi connectivity index (χ3v) is 5.08. The first-order chi connectivity index (χ1) is 9.49. The van der Waals surface area contributed by atoms with Crippen LogP contribution in [0.2, 0.25) is 0 Å². The van der Waals surface area contributed by atoms with Crippen molar-refractivity contribution in [3.8, 4) is 0 Å². The Morgan fingerprint density at radius 2 is 2.25 bits per heavy atom. The third-order valence-electron chi connectivity index (χ3n) is 4.13. The number of carbonyl (C=O) groups is 2. The number of hydrogen-bond acceptors (Lipinski definition) is 4. The Bertz CT molecular complexity index is 552. The van der Waals surface area contributed by atoms with Crippen LogP contribution in [-0.4, -0.2) is 33.8 Å². The minimum atomic E-state index is -0.722. The molecule has 1 saturated carbocycles. The first kappa shape index (κ1) is 13.5. The Balaban J connectivity index is 1.82. The third kappa shape index (κ3) is 2.44. The molecule has 0 aromatic carbocycles. The fourth-order valence-electron chi connectivity index (χ4n) is 2.80. The van der Waals surface area contributed by atoms with Crippen molar-refractivity contribution in [2.45, 2.75) is 45.2 Å². The van der Waals surface area contributed by atoms with E-state index in [0.29, 0.717) is 19.5 Å². The predicted molar refractivity (Wildman–Crippen MR) is 76.2 cm³/mol. The number of rotatable bonds is 3. The summed E-state index contributed by atoms with van der Waals surface area (Å²) in [5.41, 5.74) is 0.256. The molecule has 1 aromatic heterocycles. The minimum absolute atomic E-state index is 0.0226. The van der Waals surface area contributed by atoms with Gasteiger partial charge in [-0.15, -0.1) is 11.3 Å². The predicted octanol–water partition coefficient (Wildman–Crippen LogP) is 1.47. The fraction of sp³-hybridized carbons (Fsp3) is 0.643. The minimum Gasteiger partial charge on any atom is -0.342 e. The van der Waals surface area contributed by atoms with Gasteiger partial charge in [-0.25, -0.2) is 4.98 Å². The SMILES string of the molecule is Cc1csc(CN2CCC(=O)NC(C)(C3CC3)C2=O)n1. The zero-order valence-electron chi connectivity index (χ0n) is 11.8. The van der Waals surface area contributed by atoms with Gasteiger partial charge in [-0.2, -0.15) is 0 Å². The van der Waals surface area contributed by atoms with Crippen LogP contribution in [0, 0.1) is 12.8 Å². The zero-order valence-corrected chi connectivity index (χ0v) is 12.6. The molecule has 1 unspecified atom stereocenters. The lowest BCUT2D eigenvalue weighted by atomic mass is 9.94. The largest absolute Gasteiger partial charge is 0.342 e. The number of nitrogens with zero attached hydrogens (tertiary/aromatic N) is 2. The normalized spacial score (nSPS) is 27.4. The molecule has 2 aliphatic rings. The number of carbonyl (C=O) groups excluding carboxylic acids is 2. The lowest BCUT2D eigenvalue weighted by Gasteiger charge is -2.31. The monoisotopic (exact) mass is 293 g/mol. The van der Waals surface area contributed by atoms with Crippen LogP contribution < -0.4 is 5.32 Å². The highest BCUT2D eigenvalue weighted by atomic mass is 32.1. The highest BCUT2D eigenvalue weighted by Crippen LogP contribution is 2.41. The molecule has 2 heterocycles. The van der Waals surface area contributed by atoms with Gasteiger partial charge in [0.15, 0.2) is 0 Å². The second-order valence-corrected chi connectivity index (χ2v) is 6.83. The molecule has 0 spiro atoms. The summed E-state index contributed by atoms with van der Waals surface area (Å²) in [5.74, 6) is 0.307. The van der Waals surface area contributed by atoms with Crippen molar-refractivity contribution in [1.29, 1.82) is 0 Å². The Hall–Kier alpha value is -1.43. The highest BCUT2D eigenvalue weighted by molar-refractivity contribution is 7.09. The van der Waals surface area contributed by atoms with Crippen molar-refractivity contribution in [3.63, 3.8) is 0 Å². The molecule has 0 radical (unpaired) electrons. The van der Waals surface area contributed by atoms with Gasteiger partial charge in [0, 0.05) is 24.0 Å². The van der Waals surface area contributed by atoms with E-state index in [1.54, 1.807) is 16.2 Å². The Labute approximate surface area is 122 Å². The number of aromatic nitrogens is 1. The summed E-state index contributed by atoms with van der Waals surface area (Å²) in [6.07, 6.45) is 2.41. The molecule has 1 saturated heterocycles. The maximum Gasteiger partial charge on any atom is 0.248 e. The van der Waals surface area contributed by atoms with Crippen LogP contribution in [0.15, 0.2) is 5.38 Å². The molecule has 1 aliphatic carbocycles. The Morgan fingerprint density at radius 1 is 1.50 bits per heavy atom. The Kier molecular flexibility index (Phi) is 3.28. The molecule has 1 aliphatic heterocycles. The van der Waals surface area contributed by atoms with Crippen LogP contribution in [0.3, 0.4) is 0 Å². The molecule has 0 bridgehead atoms. The number of nitrogens with one attached hydrogen (secondary N) is 1. The van der Waals surface area contributed by atoms with Crippen molar-refractivity contribution < 1.29 is 9.59 Å². The van der Waals surface area contributed by atoms with Gasteiger partial charge in [0.05, 0.1) is 6.54 Å². The molecule has 1 atom stereocenters. The summed E-state index contributed by atoms with van der Waals surface area (Å²) in [4.78, 5) is 30.9. The van der Waals surface area contributed by atoms with Crippen molar-refractivity contribution >= 4 is 23.2 Å². The summed E-state index contributed by atoms with van der Waals surface area (Å²) in [6, 6.07) is 0. The van der Waals surface area contributed by atoms with E-state index in [1.807, 2.05) is 19.2 Å². The van der Waals surface area contributed by atoms with E-state index in [0.717, 1.165) is 23.5 Å². The van der Waals surface area contributed by atoms with Gasteiger partial charge in [-0.1, -0.05) is 0 Å². The van der Waals surface area contributed by atoms with Crippen LogP contribution in [0.4, 0.5) is 0 Å². The van der Waals surface area contributed by atoms with E-state index >= 15 is 0 Å². The van der Waals surface area contributed by atoms with Gasteiger partial charge in [0.1, 0.15) is 10.5 Å². The van der Waals surface area contributed by atoms with Crippen molar-refractivity contribution in [2.24, 2.45) is 5.92 Å². The molecule has 3 rings (SSSR count). The van der Waals surface area contributed by atoms with E-state index in [-0.39, 0.29) is 17.7 Å². The summed E-state index contributed by atoms with van der Waals surface area (Å²) in [6.45, 7) is 4.81. The van der Waals surface area contributed by atoms with E-state index in [4.69, 9.17) is 0 Å². The molecule has 1 aromatic rings. The summed E-state index contributed by atoms with van der Waals surface area (Å²) in [5, 5.41) is 5.86. The average molecular weight is 293 g/mol. The van der Waals surface area contributed by atoms with Gasteiger partial charge < -0.3 is 10.2 Å². The maximum absolute atomic E-state index is 12.8. The quantitative estimate of drug-likeness (QED) is 0.918.